The second-order valence-electron chi connectivity index (χ2n) is 8.55. The first kappa shape index (κ1) is 23.1. The molecule has 35 heavy (non-hydrogen) atoms. The number of piperidine rings is 1. The number of fused-ring (bicyclic) bond motifs is 2. The third-order valence-corrected chi connectivity index (χ3v) is 7.02. The number of hydrogen-bond donors (Lipinski definition) is 2. The molecule has 0 saturated carbocycles. The predicted octanol–water partition coefficient (Wildman–Crippen LogP) is 4.79. The van der Waals surface area contributed by atoms with Crippen molar-refractivity contribution in [3.05, 3.63) is 76.0 Å². The Morgan fingerprint density at radius 2 is 1.83 bits per heavy atom. The number of thiophene rings is 1. The van der Waals surface area contributed by atoms with Gasteiger partial charge in [0.15, 0.2) is 0 Å². The normalized spacial score (nSPS) is 19.9. The molecule has 2 aliphatic rings. The standard InChI is InChI=1S/C25H20F3N3O3S/c26-25(27,28)17-4-1-14(2-5-17)22(32)29-18-7-9-31-21(12-18)23(33)30-20-6-3-15(11-19(20)24(31)34)16-8-10-35-13-16/h1-6,8,10-11,13,18,21H,7,9,12H2,(H,29,32)(H,30,33). The van der Waals surface area contributed by atoms with E-state index in [-0.39, 0.29) is 30.3 Å². The van der Waals surface area contributed by atoms with Gasteiger partial charge in [-0.3, -0.25) is 14.4 Å². The number of carbonyl (C=O) groups is 3. The summed E-state index contributed by atoms with van der Waals surface area (Å²) < 4.78 is 38.3. The summed E-state index contributed by atoms with van der Waals surface area (Å²) in [6.07, 6.45) is -3.86. The third kappa shape index (κ3) is 4.53. The Morgan fingerprint density at radius 1 is 1.06 bits per heavy atom. The largest absolute Gasteiger partial charge is 0.416 e. The number of amides is 3. The molecule has 3 heterocycles. The maximum atomic E-state index is 13.4. The van der Waals surface area contributed by atoms with Gasteiger partial charge in [0.25, 0.3) is 11.8 Å². The average molecular weight is 500 g/mol. The van der Waals surface area contributed by atoms with Crippen molar-refractivity contribution in [2.24, 2.45) is 0 Å². The third-order valence-electron chi connectivity index (χ3n) is 6.34. The molecule has 6 nitrogen and oxygen atoms in total. The van der Waals surface area contributed by atoms with E-state index in [0.29, 0.717) is 17.7 Å². The summed E-state index contributed by atoms with van der Waals surface area (Å²) in [5.41, 5.74) is 1.98. The molecule has 2 aromatic carbocycles. The van der Waals surface area contributed by atoms with Crippen molar-refractivity contribution in [2.45, 2.75) is 31.1 Å². The Balaban J connectivity index is 1.31. The van der Waals surface area contributed by atoms with E-state index >= 15 is 0 Å². The Labute approximate surface area is 202 Å². The number of nitrogens with one attached hydrogen (secondary N) is 2. The van der Waals surface area contributed by atoms with Crippen molar-refractivity contribution >= 4 is 34.7 Å². The zero-order valence-corrected chi connectivity index (χ0v) is 19.1. The fourth-order valence-corrected chi connectivity index (χ4v) is 5.14. The van der Waals surface area contributed by atoms with E-state index in [1.54, 1.807) is 23.5 Å². The van der Waals surface area contributed by atoms with Gasteiger partial charge in [0, 0.05) is 18.2 Å². The van der Waals surface area contributed by atoms with E-state index in [4.69, 9.17) is 0 Å². The lowest BCUT2D eigenvalue weighted by molar-refractivity contribution is -0.137. The van der Waals surface area contributed by atoms with E-state index in [0.717, 1.165) is 35.4 Å². The quantitative estimate of drug-likeness (QED) is 0.544. The SMILES string of the molecule is O=C(NC1CCN2C(=O)c3cc(-c4ccsc4)ccc3NC(=O)C2C1)c1ccc(C(F)(F)F)cc1. The molecule has 1 fully saturated rings. The van der Waals surface area contributed by atoms with Crippen LogP contribution in [-0.4, -0.2) is 41.2 Å². The molecule has 0 aliphatic carbocycles. The molecular formula is C25H20F3N3O3S. The van der Waals surface area contributed by atoms with Gasteiger partial charge < -0.3 is 15.5 Å². The van der Waals surface area contributed by atoms with Crippen LogP contribution in [-0.2, 0) is 11.0 Å². The van der Waals surface area contributed by atoms with Crippen molar-refractivity contribution < 1.29 is 27.6 Å². The van der Waals surface area contributed by atoms with Crippen LogP contribution in [0.2, 0.25) is 0 Å². The van der Waals surface area contributed by atoms with Crippen LogP contribution in [0.5, 0.6) is 0 Å². The molecule has 0 bridgehead atoms. The Morgan fingerprint density at radius 3 is 2.51 bits per heavy atom. The van der Waals surface area contributed by atoms with Crippen molar-refractivity contribution in [1.82, 2.24) is 10.2 Å². The Hall–Kier alpha value is -3.66. The summed E-state index contributed by atoms with van der Waals surface area (Å²) in [6.45, 7) is 0.261. The second-order valence-corrected chi connectivity index (χ2v) is 9.33. The van der Waals surface area contributed by atoms with Gasteiger partial charge in [0.05, 0.1) is 16.8 Å². The van der Waals surface area contributed by atoms with Gasteiger partial charge in [0.1, 0.15) is 6.04 Å². The maximum Gasteiger partial charge on any atom is 0.416 e. The summed E-state index contributed by atoms with van der Waals surface area (Å²) >= 11 is 1.55. The van der Waals surface area contributed by atoms with Gasteiger partial charge >= 0.3 is 6.18 Å². The van der Waals surface area contributed by atoms with Crippen molar-refractivity contribution in [3.63, 3.8) is 0 Å². The first-order valence-electron chi connectivity index (χ1n) is 11.0. The number of rotatable bonds is 3. The summed E-state index contributed by atoms with van der Waals surface area (Å²) in [5, 5.41) is 9.56. The van der Waals surface area contributed by atoms with Crippen LogP contribution in [0.1, 0.15) is 39.1 Å². The van der Waals surface area contributed by atoms with Crippen LogP contribution < -0.4 is 10.6 Å². The van der Waals surface area contributed by atoms with Gasteiger partial charge in [-0.1, -0.05) is 6.07 Å². The van der Waals surface area contributed by atoms with Crippen LogP contribution in [0.25, 0.3) is 11.1 Å². The maximum absolute atomic E-state index is 13.4. The van der Waals surface area contributed by atoms with Crippen LogP contribution in [0.15, 0.2) is 59.3 Å². The lowest BCUT2D eigenvalue weighted by atomic mass is 9.95. The van der Waals surface area contributed by atoms with Gasteiger partial charge in [-0.25, -0.2) is 0 Å². The minimum absolute atomic E-state index is 0.0928. The average Bonchev–Trinajstić information content (AvgIpc) is 3.35. The highest BCUT2D eigenvalue weighted by Crippen LogP contribution is 2.33. The molecule has 10 heteroatoms. The molecular weight excluding hydrogens is 479 g/mol. The van der Waals surface area contributed by atoms with E-state index in [2.05, 4.69) is 10.6 Å². The molecule has 5 rings (SSSR count). The number of carbonyl (C=O) groups excluding carboxylic acids is 3. The molecule has 2 aliphatic heterocycles. The molecule has 1 saturated heterocycles. The zero-order chi connectivity index (χ0) is 24.7. The molecule has 2 unspecified atom stereocenters. The summed E-state index contributed by atoms with van der Waals surface area (Å²) in [4.78, 5) is 40.5. The number of nitrogens with zero attached hydrogens (tertiary/aromatic N) is 1. The van der Waals surface area contributed by atoms with Gasteiger partial charge in [-0.2, -0.15) is 24.5 Å². The lowest BCUT2D eigenvalue weighted by Crippen LogP contribution is -2.55. The lowest BCUT2D eigenvalue weighted by Gasteiger charge is -2.37. The summed E-state index contributed by atoms with van der Waals surface area (Å²) in [7, 11) is 0. The van der Waals surface area contributed by atoms with Crippen LogP contribution >= 0.6 is 11.3 Å². The van der Waals surface area contributed by atoms with Crippen LogP contribution in [0.4, 0.5) is 18.9 Å². The van der Waals surface area contributed by atoms with E-state index in [1.165, 1.54) is 4.90 Å². The monoisotopic (exact) mass is 499 g/mol. The molecule has 3 aromatic rings. The molecule has 2 N–H and O–H groups in total. The van der Waals surface area contributed by atoms with Crippen molar-refractivity contribution in [2.75, 3.05) is 11.9 Å². The highest BCUT2D eigenvalue weighted by molar-refractivity contribution is 7.08. The molecule has 180 valence electrons. The Kier molecular flexibility index (Phi) is 5.84. The fraction of sp³-hybridized carbons (Fsp3) is 0.240. The smallest absolute Gasteiger partial charge is 0.349 e. The Bertz CT molecular complexity index is 1290. The van der Waals surface area contributed by atoms with Crippen molar-refractivity contribution in [1.29, 1.82) is 0 Å². The minimum Gasteiger partial charge on any atom is -0.349 e. The van der Waals surface area contributed by atoms with E-state index in [1.807, 2.05) is 22.9 Å². The number of alkyl halides is 3. The van der Waals surface area contributed by atoms with E-state index in [9.17, 15) is 27.6 Å². The van der Waals surface area contributed by atoms with Crippen LogP contribution in [0, 0.1) is 0 Å². The van der Waals surface area contributed by atoms with Gasteiger partial charge in [0.2, 0.25) is 5.91 Å². The topological polar surface area (TPSA) is 78.5 Å². The second kappa shape index (κ2) is 8.84. The van der Waals surface area contributed by atoms with Gasteiger partial charge in [-0.05, 0) is 77.2 Å². The molecule has 0 radical (unpaired) electrons. The number of benzene rings is 2. The number of halogens is 3. The first-order chi connectivity index (χ1) is 16.7. The number of hydrogen-bond acceptors (Lipinski definition) is 4. The number of anilines is 1. The summed E-state index contributed by atoms with van der Waals surface area (Å²) in [5.74, 6) is -1.12. The van der Waals surface area contributed by atoms with Crippen molar-refractivity contribution in [3.8, 4) is 11.1 Å². The predicted molar refractivity (Wildman–Crippen MR) is 125 cm³/mol. The van der Waals surface area contributed by atoms with E-state index < -0.39 is 29.7 Å². The highest BCUT2D eigenvalue weighted by Gasteiger charge is 2.40. The summed E-state index contributed by atoms with van der Waals surface area (Å²) in [6, 6.07) is 10.1. The van der Waals surface area contributed by atoms with Crippen LogP contribution in [0.3, 0.4) is 0 Å². The molecule has 0 spiro atoms. The highest BCUT2D eigenvalue weighted by atomic mass is 32.1. The molecule has 3 amide bonds. The molecule has 2 atom stereocenters. The molecule has 1 aromatic heterocycles. The minimum atomic E-state index is -4.48. The fourth-order valence-electron chi connectivity index (χ4n) is 4.48. The first-order valence-corrected chi connectivity index (χ1v) is 11.9. The zero-order valence-electron chi connectivity index (χ0n) is 18.3. The van der Waals surface area contributed by atoms with Gasteiger partial charge in [-0.15, -0.1) is 0 Å².